The SMILES string of the molecule is Clc1ccc2c(c1)C=Nc1ccccc1N2N1CCNCC1. The van der Waals surface area contributed by atoms with Crippen LogP contribution in [0.1, 0.15) is 5.56 Å². The zero-order valence-corrected chi connectivity index (χ0v) is 12.9. The molecule has 1 N–H and O–H groups in total. The normalized spacial score (nSPS) is 17.8. The fourth-order valence-electron chi connectivity index (χ4n) is 3.00. The summed E-state index contributed by atoms with van der Waals surface area (Å²) >= 11 is 6.17. The maximum absolute atomic E-state index is 6.17. The molecule has 2 aliphatic rings. The molecule has 0 aliphatic carbocycles. The Morgan fingerprint density at radius 3 is 2.68 bits per heavy atom. The van der Waals surface area contributed by atoms with Gasteiger partial charge in [0.25, 0.3) is 0 Å². The van der Waals surface area contributed by atoms with Gasteiger partial charge >= 0.3 is 0 Å². The Bertz CT molecular complexity index is 722. The number of benzene rings is 2. The highest BCUT2D eigenvalue weighted by molar-refractivity contribution is 6.31. The average molecular weight is 313 g/mol. The van der Waals surface area contributed by atoms with E-state index < -0.39 is 0 Å². The van der Waals surface area contributed by atoms with Crippen molar-refractivity contribution >= 4 is 34.9 Å². The van der Waals surface area contributed by atoms with Crippen molar-refractivity contribution in [1.82, 2.24) is 10.3 Å². The maximum atomic E-state index is 6.17. The Morgan fingerprint density at radius 2 is 1.82 bits per heavy atom. The van der Waals surface area contributed by atoms with E-state index in [1.54, 1.807) is 0 Å². The molecule has 1 saturated heterocycles. The number of hydrogen-bond acceptors (Lipinski definition) is 4. The van der Waals surface area contributed by atoms with E-state index >= 15 is 0 Å². The number of para-hydroxylation sites is 2. The van der Waals surface area contributed by atoms with Crippen molar-refractivity contribution in [1.29, 1.82) is 0 Å². The van der Waals surface area contributed by atoms with Crippen molar-refractivity contribution in [3.8, 4) is 0 Å². The molecule has 0 unspecified atom stereocenters. The minimum atomic E-state index is 0.733. The van der Waals surface area contributed by atoms with Crippen LogP contribution in [0.3, 0.4) is 0 Å². The third kappa shape index (κ3) is 2.39. The van der Waals surface area contributed by atoms with E-state index in [0.29, 0.717) is 0 Å². The first-order valence-electron chi connectivity index (χ1n) is 7.51. The fraction of sp³-hybridized carbons (Fsp3) is 0.235. The van der Waals surface area contributed by atoms with Crippen LogP contribution >= 0.6 is 11.6 Å². The fourth-order valence-corrected chi connectivity index (χ4v) is 3.18. The van der Waals surface area contributed by atoms with Gasteiger partial charge in [-0.1, -0.05) is 23.7 Å². The lowest BCUT2D eigenvalue weighted by molar-refractivity contribution is 0.244. The molecular formula is C17H17ClN4. The highest BCUT2D eigenvalue weighted by Crippen LogP contribution is 2.39. The summed E-state index contributed by atoms with van der Waals surface area (Å²) in [7, 11) is 0. The van der Waals surface area contributed by atoms with Crippen LogP contribution in [0.15, 0.2) is 47.5 Å². The number of hydrogen-bond donors (Lipinski definition) is 1. The van der Waals surface area contributed by atoms with Gasteiger partial charge in [0.2, 0.25) is 0 Å². The Hall–Kier alpha value is -1.88. The smallest absolute Gasteiger partial charge is 0.0881 e. The summed E-state index contributed by atoms with van der Waals surface area (Å²) in [6.45, 7) is 3.91. The van der Waals surface area contributed by atoms with Gasteiger partial charge in [0.15, 0.2) is 0 Å². The van der Waals surface area contributed by atoms with Crippen LogP contribution in [-0.2, 0) is 0 Å². The summed E-state index contributed by atoms with van der Waals surface area (Å²) < 4.78 is 0. The van der Waals surface area contributed by atoms with Crippen LogP contribution in [-0.4, -0.2) is 37.4 Å². The lowest BCUT2D eigenvalue weighted by atomic mass is 10.1. The molecule has 2 aromatic carbocycles. The first kappa shape index (κ1) is 13.8. The van der Waals surface area contributed by atoms with E-state index in [-0.39, 0.29) is 0 Å². The van der Waals surface area contributed by atoms with Gasteiger partial charge in [0.05, 0.1) is 17.1 Å². The number of nitrogens with zero attached hydrogens (tertiary/aromatic N) is 3. The van der Waals surface area contributed by atoms with Crippen LogP contribution in [0, 0.1) is 0 Å². The predicted octanol–water partition coefficient (Wildman–Crippen LogP) is 3.36. The maximum Gasteiger partial charge on any atom is 0.0881 e. The highest BCUT2D eigenvalue weighted by Gasteiger charge is 2.25. The quantitative estimate of drug-likeness (QED) is 0.876. The van der Waals surface area contributed by atoms with Gasteiger partial charge in [0.1, 0.15) is 0 Å². The molecule has 0 atom stereocenters. The molecule has 5 heteroatoms. The molecule has 0 amide bonds. The van der Waals surface area contributed by atoms with Gasteiger partial charge in [0, 0.05) is 43.0 Å². The van der Waals surface area contributed by atoms with Crippen LogP contribution < -0.4 is 10.3 Å². The number of anilines is 2. The molecule has 0 saturated carbocycles. The molecule has 2 aromatic rings. The summed E-state index contributed by atoms with van der Waals surface area (Å²) in [5, 5.41) is 8.80. The van der Waals surface area contributed by atoms with Crippen molar-refractivity contribution in [3.63, 3.8) is 0 Å². The summed E-state index contributed by atoms with van der Waals surface area (Å²) in [6.07, 6.45) is 1.91. The summed E-state index contributed by atoms with van der Waals surface area (Å²) in [5.74, 6) is 0. The van der Waals surface area contributed by atoms with Crippen LogP contribution in [0.25, 0.3) is 0 Å². The molecule has 4 nitrogen and oxygen atoms in total. The zero-order valence-electron chi connectivity index (χ0n) is 12.2. The van der Waals surface area contributed by atoms with Crippen molar-refractivity contribution < 1.29 is 0 Å². The van der Waals surface area contributed by atoms with Crippen molar-refractivity contribution in [3.05, 3.63) is 53.1 Å². The zero-order chi connectivity index (χ0) is 14.9. The topological polar surface area (TPSA) is 30.9 Å². The number of aliphatic imine (C=N–C) groups is 1. The minimum Gasteiger partial charge on any atom is -0.314 e. The summed E-state index contributed by atoms with van der Waals surface area (Å²) in [6, 6.07) is 14.2. The molecule has 112 valence electrons. The van der Waals surface area contributed by atoms with E-state index in [9.17, 15) is 0 Å². The second-order valence-electron chi connectivity index (χ2n) is 5.47. The molecular weight excluding hydrogens is 296 g/mol. The van der Waals surface area contributed by atoms with Gasteiger partial charge < -0.3 is 5.32 Å². The molecule has 22 heavy (non-hydrogen) atoms. The van der Waals surface area contributed by atoms with E-state index in [1.807, 2.05) is 24.4 Å². The van der Waals surface area contributed by atoms with E-state index in [1.165, 1.54) is 0 Å². The molecule has 0 spiro atoms. The average Bonchev–Trinajstić information content (AvgIpc) is 2.72. The van der Waals surface area contributed by atoms with Gasteiger partial charge in [-0.3, -0.25) is 10.0 Å². The van der Waals surface area contributed by atoms with Crippen LogP contribution in [0.4, 0.5) is 17.1 Å². The summed E-state index contributed by atoms with van der Waals surface area (Å²) in [4.78, 5) is 4.65. The predicted molar refractivity (Wildman–Crippen MR) is 91.7 cm³/mol. The van der Waals surface area contributed by atoms with Crippen molar-refractivity contribution in [2.45, 2.75) is 0 Å². The molecule has 0 aromatic heterocycles. The van der Waals surface area contributed by atoms with Crippen LogP contribution in [0.5, 0.6) is 0 Å². The van der Waals surface area contributed by atoms with Gasteiger partial charge in [-0.05, 0) is 30.3 Å². The Kier molecular flexibility index (Phi) is 3.58. The number of piperazine rings is 1. The Labute approximate surface area is 135 Å². The van der Waals surface area contributed by atoms with Gasteiger partial charge in [-0.25, -0.2) is 5.01 Å². The number of halogens is 1. The Morgan fingerprint density at radius 1 is 1.00 bits per heavy atom. The van der Waals surface area contributed by atoms with Gasteiger partial charge in [-0.2, -0.15) is 0 Å². The third-order valence-electron chi connectivity index (χ3n) is 4.05. The molecule has 0 bridgehead atoms. The molecule has 2 heterocycles. The lowest BCUT2D eigenvalue weighted by Crippen LogP contribution is -2.51. The molecule has 0 radical (unpaired) electrons. The third-order valence-corrected chi connectivity index (χ3v) is 4.28. The molecule has 2 aliphatic heterocycles. The first-order chi connectivity index (χ1) is 10.8. The van der Waals surface area contributed by atoms with Crippen LogP contribution in [0.2, 0.25) is 5.02 Å². The number of fused-ring (bicyclic) bond motifs is 2. The van der Waals surface area contributed by atoms with Gasteiger partial charge in [-0.15, -0.1) is 0 Å². The number of nitrogens with one attached hydrogen (secondary N) is 1. The van der Waals surface area contributed by atoms with E-state index in [2.05, 4.69) is 44.6 Å². The second kappa shape index (κ2) is 5.72. The van der Waals surface area contributed by atoms with E-state index in [0.717, 1.165) is 53.8 Å². The monoisotopic (exact) mass is 312 g/mol. The summed E-state index contributed by atoms with van der Waals surface area (Å²) in [5.41, 5.74) is 4.26. The molecule has 4 rings (SSSR count). The largest absolute Gasteiger partial charge is 0.314 e. The molecule has 1 fully saturated rings. The standard InChI is InChI=1S/C17H17ClN4/c18-14-5-6-16-13(11-14)12-20-15-3-1-2-4-17(15)22(16)21-9-7-19-8-10-21/h1-6,11-12,19H,7-10H2. The number of hydrazine groups is 1. The lowest BCUT2D eigenvalue weighted by Gasteiger charge is -2.39. The minimum absolute atomic E-state index is 0.733. The van der Waals surface area contributed by atoms with E-state index in [4.69, 9.17) is 11.6 Å². The second-order valence-corrected chi connectivity index (χ2v) is 5.90. The van der Waals surface area contributed by atoms with Crippen molar-refractivity contribution in [2.24, 2.45) is 4.99 Å². The highest BCUT2D eigenvalue weighted by atomic mass is 35.5. The Balaban J connectivity index is 1.89. The first-order valence-corrected chi connectivity index (χ1v) is 7.89. The number of rotatable bonds is 1. The van der Waals surface area contributed by atoms with Crippen molar-refractivity contribution in [2.75, 3.05) is 31.2 Å².